The molecule has 0 saturated carbocycles. The van der Waals surface area contributed by atoms with E-state index in [1.807, 2.05) is 17.5 Å². The van der Waals surface area contributed by atoms with Crippen LogP contribution in [-0.2, 0) is 4.79 Å². The summed E-state index contributed by atoms with van der Waals surface area (Å²) in [4.78, 5) is 39.4. The number of hydrogen-bond donors (Lipinski definition) is 0. The predicted molar refractivity (Wildman–Crippen MR) is 104 cm³/mol. The highest BCUT2D eigenvalue weighted by Gasteiger charge is 2.25. The zero-order chi connectivity index (χ0) is 19.4. The van der Waals surface area contributed by atoms with E-state index in [0.29, 0.717) is 26.2 Å². The van der Waals surface area contributed by atoms with Crippen LogP contribution in [0.15, 0.2) is 41.8 Å². The fourth-order valence-corrected chi connectivity index (χ4v) is 3.61. The molecule has 27 heavy (non-hydrogen) atoms. The van der Waals surface area contributed by atoms with Crippen LogP contribution in [0.5, 0.6) is 0 Å². The van der Waals surface area contributed by atoms with Gasteiger partial charge in [0, 0.05) is 49.3 Å². The van der Waals surface area contributed by atoms with Crippen LogP contribution in [0.25, 0.3) is 6.08 Å². The minimum absolute atomic E-state index is 0.0478. The summed E-state index contributed by atoms with van der Waals surface area (Å²) >= 11 is 7.58. The molecule has 0 bridgehead atoms. The van der Waals surface area contributed by atoms with Gasteiger partial charge in [0.1, 0.15) is 0 Å². The predicted octanol–water partition coefficient (Wildman–Crippen LogP) is 3.31. The van der Waals surface area contributed by atoms with Gasteiger partial charge in [0.05, 0.1) is 15.5 Å². The molecule has 140 valence electrons. The summed E-state index contributed by atoms with van der Waals surface area (Å²) in [6, 6.07) is 7.64. The van der Waals surface area contributed by atoms with Crippen molar-refractivity contribution >= 4 is 46.5 Å². The van der Waals surface area contributed by atoms with Crippen LogP contribution < -0.4 is 0 Å². The van der Waals surface area contributed by atoms with E-state index in [1.165, 1.54) is 24.3 Å². The highest BCUT2D eigenvalue weighted by Crippen LogP contribution is 2.24. The number of rotatable bonds is 4. The smallest absolute Gasteiger partial charge is 0.270 e. The van der Waals surface area contributed by atoms with Crippen molar-refractivity contribution in [3.8, 4) is 0 Å². The summed E-state index contributed by atoms with van der Waals surface area (Å²) in [5, 5.41) is 12.8. The Kier molecular flexibility index (Phi) is 5.88. The number of amides is 2. The van der Waals surface area contributed by atoms with Crippen LogP contribution in [0.1, 0.15) is 15.2 Å². The molecular formula is C18H16ClN3O4S. The minimum atomic E-state index is -0.561. The molecule has 1 saturated heterocycles. The van der Waals surface area contributed by atoms with Crippen molar-refractivity contribution in [2.75, 3.05) is 26.2 Å². The van der Waals surface area contributed by atoms with Crippen molar-refractivity contribution in [3.63, 3.8) is 0 Å². The molecular weight excluding hydrogens is 390 g/mol. The Bertz CT molecular complexity index is 890. The third kappa shape index (κ3) is 4.53. The highest BCUT2D eigenvalue weighted by molar-refractivity contribution is 7.10. The molecule has 0 radical (unpaired) electrons. The molecule has 2 aromatic rings. The van der Waals surface area contributed by atoms with Crippen molar-refractivity contribution in [2.24, 2.45) is 0 Å². The zero-order valence-electron chi connectivity index (χ0n) is 14.2. The Morgan fingerprint density at radius 1 is 1.15 bits per heavy atom. The van der Waals surface area contributed by atoms with Crippen molar-refractivity contribution < 1.29 is 14.5 Å². The number of piperazine rings is 1. The highest BCUT2D eigenvalue weighted by atomic mass is 35.5. The van der Waals surface area contributed by atoms with Crippen LogP contribution in [0.2, 0.25) is 5.02 Å². The van der Waals surface area contributed by atoms with E-state index in [0.717, 1.165) is 4.88 Å². The SMILES string of the molecule is O=C(C=Cc1cccs1)N1CCN(C(=O)c2ccc([N+](=O)[O-])cc2Cl)CC1. The molecule has 9 heteroatoms. The van der Waals surface area contributed by atoms with Gasteiger partial charge in [-0.1, -0.05) is 17.7 Å². The van der Waals surface area contributed by atoms with Gasteiger partial charge in [-0.2, -0.15) is 0 Å². The second kappa shape index (κ2) is 8.32. The molecule has 1 aromatic carbocycles. The molecule has 2 heterocycles. The Labute approximate surface area is 164 Å². The van der Waals surface area contributed by atoms with Crippen molar-refractivity contribution in [1.82, 2.24) is 9.80 Å². The quantitative estimate of drug-likeness (QED) is 0.444. The lowest BCUT2D eigenvalue weighted by molar-refractivity contribution is -0.384. The minimum Gasteiger partial charge on any atom is -0.336 e. The summed E-state index contributed by atoms with van der Waals surface area (Å²) in [7, 11) is 0. The van der Waals surface area contributed by atoms with Crippen LogP contribution in [-0.4, -0.2) is 52.7 Å². The fraction of sp³-hybridized carbons (Fsp3) is 0.222. The topological polar surface area (TPSA) is 83.8 Å². The summed E-state index contributed by atoms with van der Waals surface area (Å²) in [5.74, 6) is -0.389. The van der Waals surface area contributed by atoms with Gasteiger partial charge in [-0.15, -0.1) is 11.3 Å². The molecule has 1 aromatic heterocycles. The second-order valence-corrected chi connectivity index (χ2v) is 7.27. The van der Waals surface area contributed by atoms with Crippen LogP contribution in [0.3, 0.4) is 0 Å². The first-order valence-corrected chi connectivity index (χ1v) is 9.45. The van der Waals surface area contributed by atoms with Gasteiger partial charge in [-0.3, -0.25) is 19.7 Å². The summed E-state index contributed by atoms with van der Waals surface area (Å²) in [6.45, 7) is 1.60. The normalized spacial score (nSPS) is 14.6. The molecule has 1 aliphatic heterocycles. The van der Waals surface area contributed by atoms with Crippen LogP contribution >= 0.6 is 22.9 Å². The maximum atomic E-state index is 12.6. The van der Waals surface area contributed by atoms with Gasteiger partial charge >= 0.3 is 0 Å². The molecule has 0 unspecified atom stereocenters. The number of benzene rings is 1. The van der Waals surface area contributed by atoms with Gasteiger partial charge in [-0.05, 0) is 23.6 Å². The second-order valence-electron chi connectivity index (χ2n) is 5.89. The largest absolute Gasteiger partial charge is 0.336 e. The molecule has 1 aliphatic rings. The third-order valence-electron chi connectivity index (χ3n) is 4.21. The molecule has 0 N–H and O–H groups in total. The van der Waals surface area contributed by atoms with E-state index < -0.39 is 4.92 Å². The van der Waals surface area contributed by atoms with E-state index in [1.54, 1.807) is 27.2 Å². The van der Waals surface area contributed by atoms with Gasteiger partial charge in [0.25, 0.3) is 11.6 Å². The fourth-order valence-electron chi connectivity index (χ4n) is 2.74. The number of carbonyl (C=O) groups excluding carboxylic acids is 2. The first-order valence-electron chi connectivity index (χ1n) is 8.19. The Hall–Kier alpha value is -2.71. The molecule has 7 nitrogen and oxygen atoms in total. The monoisotopic (exact) mass is 405 g/mol. The van der Waals surface area contributed by atoms with Crippen molar-refractivity contribution in [3.05, 3.63) is 67.4 Å². The van der Waals surface area contributed by atoms with E-state index in [2.05, 4.69) is 0 Å². The Balaban J connectivity index is 1.59. The van der Waals surface area contributed by atoms with Crippen LogP contribution in [0.4, 0.5) is 5.69 Å². The number of nitrogens with zero attached hydrogens (tertiary/aromatic N) is 3. The first kappa shape index (κ1) is 19.1. The van der Waals surface area contributed by atoms with Crippen molar-refractivity contribution in [2.45, 2.75) is 0 Å². The molecule has 0 aliphatic carbocycles. The molecule has 3 rings (SSSR count). The third-order valence-corrected chi connectivity index (χ3v) is 5.36. The summed E-state index contributed by atoms with van der Waals surface area (Å²) < 4.78 is 0. The number of carbonyl (C=O) groups is 2. The maximum absolute atomic E-state index is 12.6. The lowest BCUT2D eigenvalue weighted by Gasteiger charge is -2.34. The molecule has 0 atom stereocenters. The van der Waals surface area contributed by atoms with Gasteiger partial charge in [0.2, 0.25) is 5.91 Å². The van der Waals surface area contributed by atoms with Gasteiger partial charge in [-0.25, -0.2) is 0 Å². The number of nitro benzene ring substituents is 1. The molecule has 1 fully saturated rings. The Morgan fingerprint density at radius 3 is 2.44 bits per heavy atom. The van der Waals surface area contributed by atoms with Crippen molar-refractivity contribution in [1.29, 1.82) is 0 Å². The number of non-ortho nitro benzene ring substituents is 1. The van der Waals surface area contributed by atoms with Gasteiger partial charge < -0.3 is 9.80 Å². The zero-order valence-corrected chi connectivity index (χ0v) is 15.8. The number of halogens is 1. The number of nitro groups is 1. The van der Waals surface area contributed by atoms with E-state index in [-0.39, 0.29) is 28.1 Å². The van der Waals surface area contributed by atoms with E-state index in [9.17, 15) is 19.7 Å². The maximum Gasteiger partial charge on any atom is 0.270 e. The number of thiophene rings is 1. The first-order chi connectivity index (χ1) is 13.0. The van der Waals surface area contributed by atoms with Crippen LogP contribution in [0, 0.1) is 10.1 Å². The average Bonchev–Trinajstić information content (AvgIpc) is 3.19. The lowest BCUT2D eigenvalue weighted by atomic mass is 10.1. The standard InChI is InChI=1S/C18H16ClN3O4S/c19-16-12-13(22(25)26)3-5-15(16)18(24)21-9-7-20(8-10-21)17(23)6-4-14-2-1-11-27-14/h1-6,11-12H,7-10H2. The molecule has 0 spiro atoms. The summed E-state index contributed by atoms with van der Waals surface area (Å²) in [5.41, 5.74) is 0.0594. The average molecular weight is 406 g/mol. The van der Waals surface area contributed by atoms with E-state index in [4.69, 9.17) is 11.6 Å². The van der Waals surface area contributed by atoms with E-state index >= 15 is 0 Å². The molecule has 2 amide bonds. The van der Waals surface area contributed by atoms with Gasteiger partial charge in [0.15, 0.2) is 0 Å². The lowest BCUT2D eigenvalue weighted by Crippen LogP contribution is -2.50. The Morgan fingerprint density at radius 2 is 1.85 bits per heavy atom. The number of hydrogen-bond acceptors (Lipinski definition) is 5. The summed E-state index contributed by atoms with van der Waals surface area (Å²) in [6.07, 6.45) is 3.32.